The molecular weight excluding hydrogens is 577 g/mol. The van der Waals surface area contributed by atoms with E-state index in [-0.39, 0.29) is 38.6 Å². The Kier molecular flexibility index (Phi) is 32.3. The SMILES string of the molecule is CC(=O)O.CCCCCCCCCCCC(=O)OCC(COP(=O)(O)OCCN)OC(=O)CCCCCCCCCCC. The molecule has 0 amide bonds. The summed E-state index contributed by atoms with van der Waals surface area (Å²) in [5.41, 5.74) is 5.29. The van der Waals surface area contributed by atoms with E-state index in [0.717, 1.165) is 39.0 Å². The summed E-state index contributed by atoms with van der Waals surface area (Å²) in [6, 6.07) is 0. The smallest absolute Gasteiger partial charge is 0.472 e. The third kappa shape index (κ3) is 36.6. The van der Waals surface area contributed by atoms with Crippen LogP contribution in [0.4, 0.5) is 0 Å². The van der Waals surface area contributed by atoms with Gasteiger partial charge in [-0.3, -0.25) is 23.4 Å². The van der Waals surface area contributed by atoms with Gasteiger partial charge in [0.2, 0.25) is 0 Å². The molecule has 0 aromatic rings. The second-order valence-corrected chi connectivity index (χ2v) is 12.3. The zero-order chi connectivity index (χ0) is 32.6. The van der Waals surface area contributed by atoms with E-state index in [1.54, 1.807) is 0 Å². The van der Waals surface area contributed by atoms with Gasteiger partial charge in [-0.25, -0.2) is 4.57 Å². The zero-order valence-corrected chi connectivity index (χ0v) is 28.1. The lowest BCUT2D eigenvalue weighted by molar-refractivity contribution is -0.161. The zero-order valence-electron chi connectivity index (χ0n) is 27.2. The topological polar surface area (TPSA) is 172 Å². The van der Waals surface area contributed by atoms with Crippen molar-refractivity contribution in [3.63, 3.8) is 0 Å². The fourth-order valence-electron chi connectivity index (χ4n) is 4.16. The number of phosphoric acid groups is 1. The van der Waals surface area contributed by atoms with E-state index >= 15 is 0 Å². The highest BCUT2D eigenvalue weighted by molar-refractivity contribution is 7.47. The number of aliphatic carboxylic acids is 1. The second-order valence-electron chi connectivity index (χ2n) is 10.9. The van der Waals surface area contributed by atoms with Crippen molar-refractivity contribution in [2.24, 2.45) is 5.73 Å². The predicted octanol–water partition coefficient (Wildman–Crippen LogP) is 7.47. The van der Waals surface area contributed by atoms with Crippen molar-refractivity contribution in [2.45, 2.75) is 155 Å². The molecule has 0 rings (SSSR count). The van der Waals surface area contributed by atoms with Crippen LogP contribution in [-0.4, -0.2) is 60.4 Å². The number of hydrogen-bond donors (Lipinski definition) is 3. The summed E-state index contributed by atoms with van der Waals surface area (Å²) in [5.74, 6) is -1.67. The molecule has 0 fully saturated rings. The fourth-order valence-corrected chi connectivity index (χ4v) is 4.93. The molecule has 0 aromatic carbocycles. The molecule has 0 aliphatic rings. The van der Waals surface area contributed by atoms with Gasteiger partial charge >= 0.3 is 19.8 Å². The number of phosphoric ester groups is 1. The molecule has 43 heavy (non-hydrogen) atoms. The van der Waals surface area contributed by atoms with Gasteiger partial charge in [-0.2, -0.15) is 0 Å². The number of rotatable bonds is 29. The van der Waals surface area contributed by atoms with Crippen LogP contribution in [0, 0.1) is 0 Å². The van der Waals surface area contributed by atoms with E-state index in [2.05, 4.69) is 13.8 Å². The average Bonchev–Trinajstić information content (AvgIpc) is 2.95. The Morgan fingerprint density at radius 1 is 0.674 bits per heavy atom. The molecule has 2 unspecified atom stereocenters. The molecule has 0 aliphatic heterocycles. The predicted molar refractivity (Wildman–Crippen MR) is 169 cm³/mol. The molecular formula is C31H62NO10P. The van der Waals surface area contributed by atoms with Crippen LogP contribution in [-0.2, 0) is 37.5 Å². The van der Waals surface area contributed by atoms with Crippen molar-refractivity contribution in [2.75, 3.05) is 26.4 Å². The van der Waals surface area contributed by atoms with Crippen molar-refractivity contribution in [3.05, 3.63) is 0 Å². The van der Waals surface area contributed by atoms with E-state index in [9.17, 15) is 19.0 Å². The van der Waals surface area contributed by atoms with E-state index in [1.807, 2.05) is 0 Å². The van der Waals surface area contributed by atoms with Gasteiger partial charge in [0.15, 0.2) is 6.10 Å². The maximum Gasteiger partial charge on any atom is 0.472 e. The lowest BCUT2D eigenvalue weighted by Gasteiger charge is -2.19. The molecule has 0 saturated heterocycles. The monoisotopic (exact) mass is 639 g/mol. The minimum atomic E-state index is -4.35. The number of carboxylic acid groups (broad SMARTS) is 1. The van der Waals surface area contributed by atoms with Crippen LogP contribution in [0.2, 0.25) is 0 Å². The first kappa shape index (κ1) is 43.6. The molecule has 12 heteroatoms. The van der Waals surface area contributed by atoms with Crippen molar-refractivity contribution in [1.29, 1.82) is 0 Å². The maximum atomic E-state index is 12.4. The van der Waals surface area contributed by atoms with Crippen LogP contribution in [0.5, 0.6) is 0 Å². The molecule has 0 heterocycles. The van der Waals surface area contributed by atoms with Crippen molar-refractivity contribution in [3.8, 4) is 0 Å². The summed E-state index contributed by atoms with van der Waals surface area (Å²) in [6.07, 6.45) is 20.0. The number of nitrogens with two attached hydrogens (primary N) is 1. The summed E-state index contributed by atoms with van der Waals surface area (Å²) < 4.78 is 32.3. The van der Waals surface area contributed by atoms with Gasteiger partial charge in [-0.05, 0) is 12.8 Å². The number of carboxylic acids is 1. The molecule has 0 spiro atoms. The Bertz CT molecular complexity index is 719. The molecule has 4 N–H and O–H groups in total. The number of ether oxygens (including phenoxy) is 2. The first-order chi connectivity index (χ1) is 20.6. The van der Waals surface area contributed by atoms with Gasteiger partial charge in [-0.1, -0.05) is 117 Å². The molecule has 0 radical (unpaired) electrons. The van der Waals surface area contributed by atoms with Crippen molar-refractivity contribution >= 4 is 25.7 Å². The highest BCUT2D eigenvalue weighted by Crippen LogP contribution is 2.43. The fraction of sp³-hybridized carbons (Fsp3) is 0.903. The van der Waals surface area contributed by atoms with Gasteiger partial charge < -0.3 is 25.2 Å². The van der Waals surface area contributed by atoms with E-state index in [4.69, 9.17) is 34.2 Å². The van der Waals surface area contributed by atoms with Gasteiger partial charge in [0, 0.05) is 26.3 Å². The normalized spacial score (nSPS) is 13.0. The summed E-state index contributed by atoms with van der Waals surface area (Å²) in [4.78, 5) is 43.3. The van der Waals surface area contributed by atoms with Crippen molar-refractivity contribution in [1.82, 2.24) is 0 Å². The Balaban J connectivity index is 0. The first-order valence-electron chi connectivity index (χ1n) is 16.4. The van der Waals surface area contributed by atoms with Gasteiger partial charge in [-0.15, -0.1) is 0 Å². The molecule has 0 aromatic heterocycles. The van der Waals surface area contributed by atoms with E-state index in [0.29, 0.717) is 6.42 Å². The lowest BCUT2D eigenvalue weighted by Crippen LogP contribution is -2.29. The quantitative estimate of drug-likeness (QED) is 0.0421. The highest BCUT2D eigenvalue weighted by atomic mass is 31.2. The minimum Gasteiger partial charge on any atom is -0.481 e. The second kappa shape index (κ2) is 31.9. The average molecular weight is 640 g/mol. The number of hydrogen-bond acceptors (Lipinski definition) is 9. The van der Waals surface area contributed by atoms with E-state index < -0.39 is 32.5 Å². The third-order valence-electron chi connectivity index (χ3n) is 6.49. The van der Waals surface area contributed by atoms with E-state index in [1.165, 1.54) is 77.0 Å². The van der Waals surface area contributed by atoms with Crippen LogP contribution in [0.15, 0.2) is 0 Å². The van der Waals surface area contributed by atoms with Crippen LogP contribution >= 0.6 is 7.82 Å². The Morgan fingerprint density at radius 3 is 1.49 bits per heavy atom. The van der Waals surface area contributed by atoms with Gasteiger partial charge in [0.05, 0.1) is 13.2 Å². The molecule has 11 nitrogen and oxygen atoms in total. The molecule has 0 aliphatic carbocycles. The van der Waals surface area contributed by atoms with Crippen LogP contribution in [0.1, 0.15) is 149 Å². The molecule has 0 saturated carbocycles. The van der Waals surface area contributed by atoms with Crippen molar-refractivity contribution < 1.29 is 47.5 Å². The number of carbonyl (C=O) groups excluding carboxylic acids is 2. The van der Waals surface area contributed by atoms with Gasteiger partial charge in [0.1, 0.15) is 6.61 Å². The van der Waals surface area contributed by atoms with Crippen LogP contribution in [0.25, 0.3) is 0 Å². The summed E-state index contributed by atoms with van der Waals surface area (Å²) in [5, 5.41) is 7.42. The van der Waals surface area contributed by atoms with Crippen LogP contribution in [0.3, 0.4) is 0 Å². The summed E-state index contributed by atoms with van der Waals surface area (Å²) >= 11 is 0. The Hall–Kier alpha value is -1.52. The summed E-state index contributed by atoms with van der Waals surface area (Å²) in [6.45, 7) is 4.74. The van der Waals surface area contributed by atoms with Crippen LogP contribution < -0.4 is 5.73 Å². The molecule has 0 bridgehead atoms. The molecule has 2 atom stereocenters. The molecule has 256 valence electrons. The number of esters is 2. The number of unbranched alkanes of at least 4 members (excludes halogenated alkanes) is 16. The standard InChI is InChI=1S/C29H58NO8P.C2H4O2/c1-3-5-7-9-11-13-15-17-19-21-28(31)35-25-27(26-37-39(33,34)36-24-23-30)38-29(32)22-20-18-16-14-12-10-8-6-4-2;1-2(3)4/h27H,3-26,30H2,1-2H3,(H,33,34);1H3,(H,3,4). The number of carbonyl (C=O) groups is 3. The highest BCUT2D eigenvalue weighted by Gasteiger charge is 2.25. The minimum absolute atomic E-state index is 0.0571. The first-order valence-corrected chi connectivity index (χ1v) is 17.9. The maximum absolute atomic E-state index is 12.4. The Labute approximate surface area is 260 Å². The third-order valence-corrected chi connectivity index (χ3v) is 7.48. The lowest BCUT2D eigenvalue weighted by atomic mass is 10.1. The van der Waals surface area contributed by atoms with Gasteiger partial charge in [0.25, 0.3) is 5.97 Å². The Morgan fingerprint density at radius 2 is 1.07 bits per heavy atom. The summed E-state index contributed by atoms with van der Waals surface area (Å²) in [7, 11) is -4.35. The largest absolute Gasteiger partial charge is 0.481 e.